The van der Waals surface area contributed by atoms with Crippen molar-refractivity contribution in [3.63, 3.8) is 0 Å². The van der Waals surface area contributed by atoms with Gasteiger partial charge in [0.1, 0.15) is 0 Å². The molecule has 0 amide bonds. The van der Waals surface area contributed by atoms with Crippen molar-refractivity contribution in [2.24, 2.45) is 10.2 Å². The second-order valence-corrected chi connectivity index (χ2v) is 8.14. The van der Waals surface area contributed by atoms with Gasteiger partial charge in [-0.15, -0.1) is 11.3 Å². The SMILES string of the molecule is NS(=O)(=O)c1ccc(N/N=C/c2c(-c3ccccc3)nc3sccn23)cc1. The summed E-state index contributed by atoms with van der Waals surface area (Å²) in [5.74, 6) is 0. The van der Waals surface area contributed by atoms with Crippen molar-refractivity contribution in [3.8, 4) is 11.3 Å². The van der Waals surface area contributed by atoms with Crippen LogP contribution >= 0.6 is 11.3 Å². The van der Waals surface area contributed by atoms with E-state index < -0.39 is 10.0 Å². The number of sulfonamides is 1. The number of hydrazone groups is 1. The zero-order valence-electron chi connectivity index (χ0n) is 14.0. The number of rotatable bonds is 5. The van der Waals surface area contributed by atoms with Crippen molar-refractivity contribution in [2.45, 2.75) is 4.90 Å². The molecule has 0 radical (unpaired) electrons. The number of hydrogen-bond donors (Lipinski definition) is 2. The molecule has 0 fully saturated rings. The highest BCUT2D eigenvalue weighted by molar-refractivity contribution is 7.89. The van der Waals surface area contributed by atoms with E-state index in [0.717, 1.165) is 21.9 Å². The molecule has 9 heteroatoms. The Morgan fingerprint density at radius 1 is 1.11 bits per heavy atom. The van der Waals surface area contributed by atoms with E-state index in [-0.39, 0.29) is 4.90 Å². The molecule has 136 valence electrons. The van der Waals surface area contributed by atoms with Gasteiger partial charge in [-0.1, -0.05) is 30.3 Å². The topological polar surface area (TPSA) is 102 Å². The molecule has 2 heterocycles. The summed E-state index contributed by atoms with van der Waals surface area (Å²) in [6, 6.07) is 16.0. The molecular formula is C18H15N5O2S2. The highest BCUT2D eigenvalue weighted by atomic mass is 32.2. The molecule has 0 saturated heterocycles. The van der Waals surface area contributed by atoms with Gasteiger partial charge in [0.15, 0.2) is 4.96 Å². The van der Waals surface area contributed by atoms with E-state index in [1.807, 2.05) is 46.3 Å². The number of fused-ring (bicyclic) bond motifs is 1. The minimum Gasteiger partial charge on any atom is -0.289 e. The molecule has 0 spiro atoms. The van der Waals surface area contributed by atoms with Crippen molar-refractivity contribution >= 4 is 38.2 Å². The minimum absolute atomic E-state index is 0.0548. The highest BCUT2D eigenvalue weighted by Gasteiger charge is 2.13. The molecule has 0 unspecified atom stereocenters. The van der Waals surface area contributed by atoms with Gasteiger partial charge in [0.2, 0.25) is 10.0 Å². The average Bonchev–Trinajstić information content (AvgIpc) is 3.24. The fraction of sp³-hybridized carbons (Fsp3) is 0. The van der Waals surface area contributed by atoms with Crippen LogP contribution in [0.15, 0.2) is 76.2 Å². The molecular weight excluding hydrogens is 382 g/mol. The third kappa shape index (κ3) is 3.61. The molecule has 27 heavy (non-hydrogen) atoms. The molecule has 4 aromatic rings. The van der Waals surface area contributed by atoms with E-state index in [1.54, 1.807) is 29.7 Å². The Bertz CT molecular complexity index is 1210. The Morgan fingerprint density at radius 3 is 2.56 bits per heavy atom. The van der Waals surface area contributed by atoms with E-state index in [4.69, 9.17) is 5.14 Å². The summed E-state index contributed by atoms with van der Waals surface area (Å²) >= 11 is 1.55. The minimum atomic E-state index is -3.71. The first-order valence-corrected chi connectivity index (χ1v) is 10.4. The first kappa shape index (κ1) is 17.4. The Kier molecular flexibility index (Phi) is 4.48. The number of nitrogens with one attached hydrogen (secondary N) is 1. The molecule has 0 aliphatic heterocycles. The molecule has 0 saturated carbocycles. The lowest BCUT2D eigenvalue weighted by molar-refractivity contribution is 0.598. The molecule has 2 aromatic heterocycles. The van der Waals surface area contributed by atoms with Crippen LogP contribution in [0.2, 0.25) is 0 Å². The van der Waals surface area contributed by atoms with Crippen LogP contribution in [-0.2, 0) is 10.0 Å². The van der Waals surface area contributed by atoms with Gasteiger partial charge in [0, 0.05) is 17.1 Å². The number of aromatic nitrogens is 2. The maximum absolute atomic E-state index is 11.3. The van der Waals surface area contributed by atoms with Gasteiger partial charge in [-0.05, 0) is 24.3 Å². The number of thiazole rings is 1. The van der Waals surface area contributed by atoms with Crippen LogP contribution in [0.4, 0.5) is 5.69 Å². The zero-order chi connectivity index (χ0) is 18.9. The summed E-state index contributed by atoms with van der Waals surface area (Å²) in [4.78, 5) is 5.63. The molecule has 3 N–H and O–H groups in total. The van der Waals surface area contributed by atoms with Gasteiger partial charge in [-0.3, -0.25) is 9.83 Å². The average molecular weight is 397 g/mol. The molecule has 2 aromatic carbocycles. The van der Waals surface area contributed by atoms with Gasteiger partial charge in [-0.25, -0.2) is 18.5 Å². The predicted molar refractivity (Wildman–Crippen MR) is 108 cm³/mol. The number of hydrogen-bond acceptors (Lipinski definition) is 6. The van der Waals surface area contributed by atoms with Gasteiger partial charge in [0.05, 0.1) is 28.2 Å². The van der Waals surface area contributed by atoms with Gasteiger partial charge in [0.25, 0.3) is 0 Å². The number of primary sulfonamides is 1. The number of imidazole rings is 1. The summed E-state index contributed by atoms with van der Waals surface area (Å²) in [6.45, 7) is 0. The number of anilines is 1. The summed E-state index contributed by atoms with van der Waals surface area (Å²) in [5, 5.41) is 11.3. The second kappa shape index (κ2) is 6.95. The normalized spacial score (nSPS) is 12.0. The fourth-order valence-corrected chi connectivity index (χ4v) is 3.86. The van der Waals surface area contributed by atoms with E-state index in [0.29, 0.717) is 5.69 Å². The molecule has 7 nitrogen and oxygen atoms in total. The summed E-state index contributed by atoms with van der Waals surface area (Å²) in [5.41, 5.74) is 6.24. The maximum atomic E-state index is 11.3. The van der Waals surface area contributed by atoms with Crippen molar-refractivity contribution < 1.29 is 8.42 Å². The highest BCUT2D eigenvalue weighted by Crippen LogP contribution is 2.25. The first-order chi connectivity index (χ1) is 13.0. The molecule has 4 rings (SSSR count). The summed E-state index contributed by atoms with van der Waals surface area (Å²) < 4.78 is 24.6. The first-order valence-electron chi connectivity index (χ1n) is 7.95. The number of benzene rings is 2. The van der Waals surface area contributed by atoms with Crippen LogP contribution in [0.5, 0.6) is 0 Å². The van der Waals surface area contributed by atoms with E-state index in [9.17, 15) is 8.42 Å². The van der Waals surface area contributed by atoms with Crippen molar-refractivity contribution in [1.82, 2.24) is 9.38 Å². The molecule has 0 aliphatic carbocycles. The lowest BCUT2D eigenvalue weighted by atomic mass is 10.1. The summed E-state index contributed by atoms with van der Waals surface area (Å²) in [6.07, 6.45) is 3.64. The van der Waals surface area contributed by atoms with Crippen LogP contribution in [-0.4, -0.2) is 24.0 Å². The lowest BCUT2D eigenvalue weighted by Crippen LogP contribution is -2.11. The Morgan fingerprint density at radius 2 is 1.85 bits per heavy atom. The quantitative estimate of drug-likeness (QED) is 0.399. The maximum Gasteiger partial charge on any atom is 0.238 e. The Hall–Kier alpha value is -3.01. The van der Waals surface area contributed by atoms with Crippen LogP contribution in [0, 0.1) is 0 Å². The van der Waals surface area contributed by atoms with Gasteiger partial charge < -0.3 is 0 Å². The molecule has 0 aliphatic rings. The molecule has 0 bridgehead atoms. The largest absolute Gasteiger partial charge is 0.289 e. The van der Waals surface area contributed by atoms with E-state index >= 15 is 0 Å². The van der Waals surface area contributed by atoms with Gasteiger partial charge >= 0.3 is 0 Å². The van der Waals surface area contributed by atoms with Crippen molar-refractivity contribution in [3.05, 3.63) is 71.9 Å². The smallest absolute Gasteiger partial charge is 0.238 e. The monoisotopic (exact) mass is 397 g/mol. The summed E-state index contributed by atoms with van der Waals surface area (Å²) in [7, 11) is -3.71. The Balaban J connectivity index is 1.62. The third-order valence-corrected chi connectivity index (χ3v) is 5.60. The third-order valence-electron chi connectivity index (χ3n) is 3.91. The van der Waals surface area contributed by atoms with Crippen molar-refractivity contribution in [1.29, 1.82) is 0 Å². The van der Waals surface area contributed by atoms with Crippen molar-refractivity contribution in [2.75, 3.05) is 5.43 Å². The van der Waals surface area contributed by atoms with Crippen LogP contribution in [0.25, 0.3) is 16.2 Å². The van der Waals surface area contributed by atoms with Crippen LogP contribution < -0.4 is 10.6 Å². The van der Waals surface area contributed by atoms with Gasteiger partial charge in [-0.2, -0.15) is 5.10 Å². The fourth-order valence-electron chi connectivity index (χ4n) is 2.62. The Labute approximate surface area is 159 Å². The zero-order valence-corrected chi connectivity index (χ0v) is 15.6. The standard InChI is InChI=1S/C18H15N5O2S2/c19-27(24,25)15-8-6-14(7-9-15)22-20-12-16-17(13-4-2-1-3-5-13)21-18-23(16)10-11-26-18/h1-12,22H,(H2,19,24,25)/b20-12+. The number of nitrogens with two attached hydrogens (primary N) is 1. The van der Waals surface area contributed by atoms with Crippen LogP contribution in [0.1, 0.15) is 5.69 Å². The van der Waals surface area contributed by atoms with Crippen LogP contribution in [0.3, 0.4) is 0 Å². The molecule has 0 atom stereocenters. The van der Waals surface area contributed by atoms with E-state index in [2.05, 4.69) is 15.5 Å². The van der Waals surface area contributed by atoms with E-state index in [1.165, 1.54) is 12.1 Å². The number of nitrogens with zero attached hydrogens (tertiary/aromatic N) is 3. The second-order valence-electron chi connectivity index (χ2n) is 5.71. The lowest BCUT2D eigenvalue weighted by Gasteiger charge is -2.03. The predicted octanol–water partition coefficient (Wildman–Crippen LogP) is 3.16.